The largest absolute Gasteiger partial charge is 0.463 e. The topological polar surface area (TPSA) is 227 Å². The lowest BCUT2D eigenvalue weighted by atomic mass is 9.87. The van der Waals surface area contributed by atoms with E-state index in [1.54, 1.807) is 13.8 Å². The molecule has 2 aromatic rings. The minimum Gasteiger partial charge on any atom is -0.463 e. The number of carbonyl (C=O) groups is 4. The minimum absolute atomic E-state index is 0.0106. The second kappa shape index (κ2) is 14.6. The van der Waals surface area contributed by atoms with Crippen molar-refractivity contribution in [3.63, 3.8) is 0 Å². The predicted molar refractivity (Wildman–Crippen MR) is 153 cm³/mol. The second-order valence-electron chi connectivity index (χ2n) is 11.4. The molecule has 1 aliphatic heterocycles. The Kier molecular flexibility index (Phi) is 10.9. The van der Waals surface area contributed by atoms with Crippen molar-refractivity contribution in [2.75, 3.05) is 18.7 Å². The van der Waals surface area contributed by atoms with Crippen LogP contribution in [-0.4, -0.2) is 81.5 Å². The molecule has 0 aromatic carbocycles. The van der Waals surface area contributed by atoms with Crippen LogP contribution < -0.4 is 11.1 Å². The van der Waals surface area contributed by atoms with Gasteiger partial charge in [0.25, 0.3) is 0 Å². The van der Waals surface area contributed by atoms with Gasteiger partial charge in [-0.3, -0.25) is 19.7 Å². The number of hydrogen-bond donors (Lipinski definition) is 3. The van der Waals surface area contributed by atoms with Crippen molar-refractivity contribution in [2.24, 2.45) is 17.6 Å². The lowest BCUT2D eigenvalue weighted by molar-refractivity contribution is -0.162. The Hall–Kier alpha value is -4.33. The van der Waals surface area contributed by atoms with E-state index in [9.17, 15) is 29.5 Å². The summed E-state index contributed by atoms with van der Waals surface area (Å²) in [5.41, 5.74) is 4.01. The highest BCUT2D eigenvalue weighted by atomic mass is 16.7. The number of rotatable bonds is 11. The van der Waals surface area contributed by atoms with Crippen LogP contribution in [0.4, 0.5) is 10.6 Å². The zero-order chi connectivity index (χ0) is 32.7. The molecule has 1 unspecified atom stereocenters. The number of nitrogens with one attached hydrogen (secondary N) is 1. The van der Waals surface area contributed by atoms with Crippen LogP contribution in [0.5, 0.6) is 0 Å². The third-order valence-electron chi connectivity index (χ3n) is 7.93. The van der Waals surface area contributed by atoms with Crippen molar-refractivity contribution in [1.82, 2.24) is 14.6 Å². The Labute approximate surface area is 259 Å². The minimum atomic E-state index is -2.17. The van der Waals surface area contributed by atoms with Gasteiger partial charge in [-0.2, -0.15) is 10.4 Å². The Morgan fingerprint density at radius 3 is 2.60 bits per heavy atom. The number of nitriles is 1. The number of carbonyl (C=O) groups excluding carboxylic acids is 4. The number of esters is 3. The van der Waals surface area contributed by atoms with E-state index >= 15 is 0 Å². The van der Waals surface area contributed by atoms with Crippen molar-refractivity contribution >= 4 is 35.3 Å². The highest BCUT2D eigenvalue weighted by molar-refractivity contribution is 5.88. The molecule has 0 radical (unpaired) electrons. The van der Waals surface area contributed by atoms with Crippen LogP contribution in [0.1, 0.15) is 65.0 Å². The third-order valence-corrected chi connectivity index (χ3v) is 7.93. The number of aromatic nitrogens is 3. The fraction of sp³-hybridized carbons (Fsp3) is 0.621. The lowest BCUT2D eigenvalue weighted by Crippen LogP contribution is -2.46. The zero-order valence-electron chi connectivity index (χ0n) is 25.3. The Morgan fingerprint density at radius 1 is 1.20 bits per heavy atom. The SMILES string of the molecule is CC(=O)OCOC(=O)Nc1ncnn2c([C@]3(C#N)O[C@H](COC(=O)CC4CCCCC4)[C@@H](OC(=O)C(N)C(C)C)[C@H]3O)ccc12. The van der Waals surface area contributed by atoms with Gasteiger partial charge in [-0.05, 0) is 36.8 Å². The van der Waals surface area contributed by atoms with E-state index < -0.39 is 67.4 Å². The van der Waals surface area contributed by atoms with Crippen LogP contribution >= 0.6 is 0 Å². The van der Waals surface area contributed by atoms with Gasteiger partial charge < -0.3 is 34.5 Å². The van der Waals surface area contributed by atoms with Crippen molar-refractivity contribution < 1.29 is 48.0 Å². The molecule has 244 valence electrons. The number of nitrogens with zero attached hydrogens (tertiary/aromatic N) is 4. The maximum atomic E-state index is 12.9. The molecule has 4 N–H and O–H groups in total. The van der Waals surface area contributed by atoms with Crippen LogP contribution in [-0.2, 0) is 43.7 Å². The molecule has 2 fully saturated rings. The van der Waals surface area contributed by atoms with Crippen molar-refractivity contribution in [2.45, 2.75) is 89.3 Å². The molecule has 16 heteroatoms. The molecule has 0 spiro atoms. The van der Waals surface area contributed by atoms with E-state index in [1.807, 2.05) is 6.07 Å². The summed E-state index contributed by atoms with van der Waals surface area (Å²) in [7, 11) is 0. The molecule has 2 aliphatic rings. The van der Waals surface area contributed by atoms with E-state index in [0.717, 1.165) is 45.4 Å². The van der Waals surface area contributed by atoms with Crippen molar-refractivity contribution in [3.8, 4) is 6.07 Å². The molecule has 1 saturated carbocycles. The van der Waals surface area contributed by atoms with Gasteiger partial charge in [0.15, 0.2) is 11.9 Å². The predicted octanol–water partition coefficient (Wildman–Crippen LogP) is 1.69. The number of nitrogens with two attached hydrogens (primary N) is 1. The molecule has 3 heterocycles. The number of amides is 1. The van der Waals surface area contributed by atoms with E-state index in [2.05, 4.69) is 20.1 Å². The number of aliphatic hydroxyl groups is 1. The number of hydrogen-bond acceptors (Lipinski definition) is 14. The first-order chi connectivity index (χ1) is 21.5. The number of aliphatic hydroxyl groups excluding tert-OH is 1. The molecule has 1 saturated heterocycles. The van der Waals surface area contributed by atoms with E-state index in [-0.39, 0.29) is 35.3 Å². The summed E-state index contributed by atoms with van der Waals surface area (Å²) in [6, 6.07) is 3.83. The molecule has 45 heavy (non-hydrogen) atoms. The smallest absolute Gasteiger partial charge is 0.415 e. The van der Waals surface area contributed by atoms with Gasteiger partial charge in [0.1, 0.15) is 42.8 Å². The average Bonchev–Trinajstić information content (AvgIpc) is 3.56. The first kappa shape index (κ1) is 33.6. The molecule has 4 rings (SSSR count). The quantitative estimate of drug-likeness (QED) is 0.182. The summed E-state index contributed by atoms with van der Waals surface area (Å²) < 4.78 is 27.8. The van der Waals surface area contributed by atoms with Gasteiger partial charge in [-0.15, -0.1) is 0 Å². The number of anilines is 1. The fourth-order valence-electron chi connectivity index (χ4n) is 5.40. The summed E-state index contributed by atoms with van der Waals surface area (Å²) in [6.07, 6.45) is 0.969. The van der Waals surface area contributed by atoms with Crippen LogP contribution in [0, 0.1) is 23.2 Å². The molecule has 5 atom stereocenters. The standard InChI is InChI=1S/C29H38N6O10/c1-16(2)23(31)27(39)44-24-20(12-41-22(37)11-18-7-5-4-6-8-18)45-29(13-30,25(24)38)21-10-9-19-26(32-14-33-35(19)21)34-28(40)43-15-42-17(3)36/h9-10,14,16,18,20,23-25,38H,4-8,11-12,15,31H2,1-3H3,(H,32,33,34,40)/t20-,23?,24-,25-,29+/m1/s1. The van der Waals surface area contributed by atoms with Crippen molar-refractivity contribution in [3.05, 3.63) is 24.2 Å². The maximum Gasteiger partial charge on any atom is 0.415 e. The molecule has 2 aromatic heterocycles. The first-order valence-electron chi connectivity index (χ1n) is 14.8. The van der Waals surface area contributed by atoms with Gasteiger partial charge >= 0.3 is 24.0 Å². The first-order valence-corrected chi connectivity index (χ1v) is 14.8. The zero-order valence-corrected chi connectivity index (χ0v) is 25.3. The Balaban J connectivity index is 1.59. The van der Waals surface area contributed by atoms with Gasteiger partial charge in [-0.1, -0.05) is 33.1 Å². The summed E-state index contributed by atoms with van der Waals surface area (Å²) in [6.45, 7) is 3.57. The fourth-order valence-corrected chi connectivity index (χ4v) is 5.40. The maximum absolute atomic E-state index is 12.9. The van der Waals surface area contributed by atoms with Gasteiger partial charge in [0.05, 0.1) is 5.69 Å². The number of fused-ring (bicyclic) bond motifs is 1. The van der Waals surface area contributed by atoms with Crippen LogP contribution in [0.25, 0.3) is 5.52 Å². The average molecular weight is 631 g/mol. The molecular formula is C29H38N6O10. The third kappa shape index (κ3) is 7.67. The monoisotopic (exact) mass is 630 g/mol. The van der Waals surface area contributed by atoms with Crippen LogP contribution in [0.3, 0.4) is 0 Å². The molecule has 1 aliphatic carbocycles. The lowest BCUT2D eigenvalue weighted by Gasteiger charge is -2.25. The highest BCUT2D eigenvalue weighted by Gasteiger charge is 2.60. The summed E-state index contributed by atoms with van der Waals surface area (Å²) >= 11 is 0. The van der Waals surface area contributed by atoms with Gasteiger partial charge in [0, 0.05) is 13.3 Å². The summed E-state index contributed by atoms with van der Waals surface area (Å²) in [5.74, 6) is -2.05. The van der Waals surface area contributed by atoms with Crippen LogP contribution in [0.2, 0.25) is 0 Å². The normalized spacial score (nSPS) is 24.1. The molecule has 0 bridgehead atoms. The molecule has 16 nitrogen and oxygen atoms in total. The van der Waals surface area contributed by atoms with E-state index in [4.69, 9.17) is 24.7 Å². The van der Waals surface area contributed by atoms with Crippen molar-refractivity contribution in [1.29, 1.82) is 5.26 Å². The van der Waals surface area contributed by atoms with E-state index in [1.165, 1.54) is 16.6 Å². The van der Waals surface area contributed by atoms with Gasteiger partial charge in [0.2, 0.25) is 12.4 Å². The van der Waals surface area contributed by atoms with E-state index in [0.29, 0.717) is 0 Å². The van der Waals surface area contributed by atoms with Crippen LogP contribution in [0.15, 0.2) is 18.5 Å². The highest BCUT2D eigenvalue weighted by Crippen LogP contribution is 2.42. The van der Waals surface area contributed by atoms with Gasteiger partial charge in [-0.25, -0.2) is 14.3 Å². The Morgan fingerprint density at radius 2 is 1.93 bits per heavy atom. The second-order valence-corrected chi connectivity index (χ2v) is 11.4. The number of ether oxygens (including phenoxy) is 5. The molecular weight excluding hydrogens is 592 g/mol. The summed E-state index contributed by atoms with van der Waals surface area (Å²) in [5, 5.41) is 28.5. The summed E-state index contributed by atoms with van der Waals surface area (Å²) in [4.78, 5) is 52.7. The Bertz CT molecular complexity index is 1430. The molecule has 1 amide bonds.